The van der Waals surface area contributed by atoms with E-state index in [1.54, 1.807) is 6.07 Å². The van der Waals surface area contributed by atoms with Crippen LogP contribution in [0.15, 0.2) is 18.2 Å². The van der Waals surface area contributed by atoms with Crippen molar-refractivity contribution >= 4 is 11.6 Å². The second kappa shape index (κ2) is 4.63. The van der Waals surface area contributed by atoms with Gasteiger partial charge in [-0.3, -0.25) is 4.79 Å². The summed E-state index contributed by atoms with van der Waals surface area (Å²) in [6.45, 7) is 6.37. The zero-order valence-corrected chi connectivity index (χ0v) is 11.4. The van der Waals surface area contributed by atoms with Gasteiger partial charge in [-0.1, -0.05) is 26.3 Å². The van der Waals surface area contributed by atoms with Gasteiger partial charge < -0.3 is 11.1 Å². The van der Waals surface area contributed by atoms with Gasteiger partial charge in [-0.25, -0.2) is 0 Å². The molecule has 0 bridgehead atoms. The molecule has 0 saturated heterocycles. The molecule has 1 aromatic rings. The number of hydrogen-bond acceptors (Lipinski definition) is 2. The molecule has 1 aliphatic carbocycles. The van der Waals surface area contributed by atoms with E-state index >= 15 is 0 Å². The lowest BCUT2D eigenvalue weighted by Crippen LogP contribution is -2.41. The minimum atomic E-state index is -0.0123. The molecule has 0 aromatic heterocycles. The second-order valence-corrected chi connectivity index (χ2v) is 5.98. The molecule has 1 unspecified atom stereocenters. The molecule has 3 nitrogen and oxygen atoms in total. The molecule has 3 N–H and O–H groups in total. The first kappa shape index (κ1) is 12.9. The number of benzene rings is 1. The number of carbonyl (C=O) groups excluding carboxylic acids is 1. The Morgan fingerprint density at radius 2 is 2.17 bits per heavy atom. The Hall–Kier alpha value is -1.51. The minimum absolute atomic E-state index is 0.0123. The van der Waals surface area contributed by atoms with Gasteiger partial charge in [0.25, 0.3) is 5.91 Å². The second-order valence-electron chi connectivity index (χ2n) is 5.98. The van der Waals surface area contributed by atoms with Crippen LogP contribution in [-0.4, -0.2) is 11.9 Å². The lowest BCUT2D eigenvalue weighted by atomic mass is 9.87. The van der Waals surface area contributed by atoms with E-state index in [2.05, 4.69) is 19.2 Å². The van der Waals surface area contributed by atoms with Crippen molar-refractivity contribution in [2.45, 2.75) is 46.1 Å². The minimum Gasteiger partial charge on any atom is -0.398 e. The molecule has 1 atom stereocenters. The quantitative estimate of drug-likeness (QED) is 0.788. The van der Waals surface area contributed by atoms with Gasteiger partial charge in [0, 0.05) is 17.3 Å². The molecule has 2 rings (SSSR count). The molecule has 1 fully saturated rings. The van der Waals surface area contributed by atoms with E-state index in [1.165, 1.54) is 12.8 Å². The molecular weight excluding hydrogens is 224 g/mol. The lowest BCUT2D eigenvalue weighted by Gasteiger charge is -2.27. The molecule has 0 radical (unpaired) electrons. The van der Waals surface area contributed by atoms with E-state index in [-0.39, 0.29) is 17.4 Å². The van der Waals surface area contributed by atoms with E-state index in [0.717, 1.165) is 12.0 Å². The molecule has 0 aliphatic heterocycles. The van der Waals surface area contributed by atoms with Crippen LogP contribution < -0.4 is 11.1 Å². The predicted molar refractivity (Wildman–Crippen MR) is 74.5 cm³/mol. The van der Waals surface area contributed by atoms with Gasteiger partial charge >= 0.3 is 0 Å². The number of rotatable bonds is 2. The number of nitrogens with one attached hydrogen (secondary N) is 1. The first-order chi connectivity index (χ1) is 8.40. The van der Waals surface area contributed by atoms with Crippen molar-refractivity contribution in [3.8, 4) is 0 Å². The average molecular weight is 246 g/mol. The Balaban J connectivity index is 2.10. The molecule has 1 aliphatic rings. The summed E-state index contributed by atoms with van der Waals surface area (Å²) < 4.78 is 0. The predicted octanol–water partition coefficient (Wildman–Crippen LogP) is 2.89. The number of anilines is 1. The molecule has 1 saturated carbocycles. The van der Waals surface area contributed by atoms with Gasteiger partial charge in [0.2, 0.25) is 0 Å². The topological polar surface area (TPSA) is 55.1 Å². The number of aryl methyl sites for hydroxylation is 1. The molecule has 0 spiro atoms. The SMILES string of the molecule is Cc1ccc(C(=O)NC2CCCC2(C)C)cc1N. The Morgan fingerprint density at radius 3 is 2.72 bits per heavy atom. The smallest absolute Gasteiger partial charge is 0.251 e. The third-order valence-corrected chi connectivity index (χ3v) is 4.10. The van der Waals surface area contributed by atoms with Gasteiger partial charge in [0.1, 0.15) is 0 Å². The lowest BCUT2D eigenvalue weighted by molar-refractivity contribution is 0.0910. The van der Waals surface area contributed by atoms with Crippen LogP contribution in [0.2, 0.25) is 0 Å². The van der Waals surface area contributed by atoms with Crippen molar-refractivity contribution in [1.82, 2.24) is 5.32 Å². The fourth-order valence-corrected chi connectivity index (χ4v) is 2.62. The molecule has 98 valence electrons. The molecule has 3 heteroatoms. The van der Waals surface area contributed by atoms with Crippen LogP contribution in [-0.2, 0) is 0 Å². The van der Waals surface area contributed by atoms with Crippen LogP contribution in [0.5, 0.6) is 0 Å². The van der Waals surface area contributed by atoms with E-state index in [0.29, 0.717) is 11.3 Å². The summed E-state index contributed by atoms with van der Waals surface area (Å²) in [5.74, 6) is -0.0123. The summed E-state index contributed by atoms with van der Waals surface area (Å²) >= 11 is 0. The first-order valence-electron chi connectivity index (χ1n) is 6.57. The monoisotopic (exact) mass is 246 g/mol. The Kier molecular flexibility index (Phi) is 3.33. The average Bonchev–Trinajstić information content (AvgIpc) is 2.62. The number of hydrogen-bond donors (Lipinski definition) is 2. The molecular formula is C15H22N2O. The van der Waals surface area contributed by atoms with Crippen LogP contribution >= 0.6 is 0 Å². The first-order valence-corrected chi connectivity index (χ1v) is 6.57. The summed E-state index contributed by atoms with van der Waals surface area (Å²) in [7, 11) is 0. The zero-order valence-electron chi connectivity index (χ0n) is 11.4. The van der Waals surface area contributed by atoms with Gasteiger partial charge in [-0.15, -0.1) is 0 Å². The van der Waals surface area contributed by atoms with Gasteiger partial charge in [-0.2, -0.15) is 0 Å². The molecule has 18 heavy (non-hydrogen) atoms. The summed E-state index contributed by atoms with van der Waals surface area (Å²) in [5.41, 5.74) is 8.38. The van der Waals surface area contributed by atoms with E-state index in [1.807, 2.05) is 19.1 Å². The Labute approximate surface area is 109 Å². The maximum atomic E-state index is 12.2. The number of carbonyl (C=O) groups is 1. The fourth-order valence-electron chi connectivity index (χ4n) is 2.62. The Bertz CT molecular complexity index is 466. The summed E-state index contributed by atoms with van der Waals surface area (Å²) in [6, 6.07) is 5.76. The summed E-state index contributed by atoms with van der Waals surface area (Å²) in [5, 5.41) is 3.14. The number of amides is 1. The van der Waals surface area contributed by atoms with Crippen molar-refractivity contribution in [2.24, 2.45) is 5.41 Å². The van der Waals surface area contributed by atoms with Gasteiger partial charge in [0.05, 0.1) is 0 Å². The van der Waals surface area contributed by atoms with Crippen molar-refractivity contribution in [1.29, 1.82) is 0 Å². The fraction of sp³-hybridized carbons (Fsp3) is 0.533. The third-order valence-electron chi connectivity index (χ3n) is 4.10. The highest BCUT2D eigenvalue weighted by Crippen LogP contribution is 2.37. The van der Waals surface area contributed by atoms with Crippen molar-refractivity contribution in [3.05, 3.63) is 29.3 Å². The van der Waals surface area contributed by atoms with Crippen LogP contribution in [0, 0.1) is 12.3 Å². The molecule has 1 aromatic carbocycles. The highest BCUT2D eigenvalue weighted by molar-refractivity contribution is 5.95. The van der Waals surface area contributed by atoms with E-state index in [9.17, 15) is 4.79 Å². The van der Waals surface area contributed by atoms with Crippen LogP contribution in [0.3, 0.4) is 0 Å². The highest BCUT2D eigenvalue weighted by Gasteiger charge is 2.35. The number of nitrogen functional groups attached to an aromatic ring is 1. The van der Waals surface area contributed by atoms with E-state index < -0.39 is 0 Å². The third kappa shape index (κ3) is 2.50. The summed E-state index contributed by atoms with van der Waals surface area (Å²) in [4.78, 5) is 12.2. The zero-order chi connectivity index (χ0) is 13.3. The highest BCUT2D eigenvalue weighted by atomic mass is 16.1. The molecule has 1 amide bonds. The Morgan fingerprint density at radius 1 is 1.44 bits per heavy atom. The van der Waals surface area contributed by atoms with E-state index in [4.69, 9.17) is 5.73 Å². The van der Waals surface area contributed by atoms with Crippen molar-refractivity contribution in [3.63, 3.8) is 0 Å². The normalized spacial score (nSPS) is 21.8. The number of nitrogens with two attached hydrogens (primary N) is 1. The maximum Gasteiger partial charge on any atom is 0.251 e. The summed E-state index contributed by atoms with van der Waals surface area (Å²) in [6.07, 6.45) is 3.43. The van der Waals surface area contributed by atoms with Crippen LogP contribution in [0.25, 0.3) is 0 Å². The maximum absolute atomic E-state index is 12.2. The van der Waals surface area contributed by atoms with Crippen molar-refractivity contribution in [2.75, 3.05) is 5.73 Å². The largest absolute Gasteiger partial charge is 0.398 e. The van der Waals surface area contributed by atoms with Crippen LogP contribution in [0.4, 0.5) is 5.69 Å². The molecule has 0 heterocycles. The van der Waals surface area contributed by atoms with Crippen molar-refractivity contribution < 1.29 is 4.79 Å². The standard InChI is InChI=1S/C15H22N2O/c1-10-6-7-11(9-12(10)16)14(18)17-13-5-4-8-15(13,2)3/h6-7,9,13H,4-5,8,16H2,1-3H3,(H,17,18). The van der Waals surface area contributed by atoms with Gasteiger partial charge in [-0.05, 0) is 42.9 Å². The van der Waals surface area contributed by atoms with Crippen LogP contribution in [0.1, 0.15) is 49.0 Å². The van der Waals surface area contributed by atoms with Gasteiger partial charge in [0.15, 0.2) is 0 Å².